The van der Waals surface area contributed by atoms with Crippen molar-refractivity contribution in [3.05, 3.63) is 65.4 Å². The van der Waals surface area contributed by atoms with E-state index in [1.54, 1.807) is 31.2 Å². The second kappa shape index (κ2) is 7.73. The molecule has 0 aliphatic rings. The Labute approximate surface area is 147 Å². The summed E-state index contributed by atoms with van der Waals surface area (Å²) in [6, 6.07) is 10.0. The summed E-state index contributed by atoms with van der Waals surface area (Å²) in [5.41, 5.74) is 1.79. The molecule has 0 bridgehead atoms. The molecule has 1 N–H and O–H groups in total. The van der Waals surface area contributed by atoms with Crippen molar-refractivity contribution in [2.75, 3.05) is 6.61 Å². The van der Waals surface area contributed by atoms with Gasteiger partial charge in [-0.3, -0.25) is 0 Å². The van der Waals surface area contributed by atoms with E-state index in [4.69, 9.17) is 9.47 Å². The Hall–Kier alpha value is -3.29. The number of aromatic nitrogens is 3. The smallest absolute Gasteiger partial charge is 0.361 e. The summed E-state index contributed by atoms with van der Waals surface area (Å²) in [4.78, 5) is 11.9. The van der Waals surface area contributed by atoms with Crippen LogP contribution in [0.4, 0.5) is 8.78 Å². The average Bonchev–Trinajstić information content (AvgIpc) is 3.09. The molecule has 0 unspecified atom stereocenters. The molecule has 0 radical (unpaired) electrons. The van der Waals surface area contributed by atoms with Gasteiger partial charge in [-0.05, 0) is 18.6 Å². The highest BCUT2D eigenvalue weighted by molar-refractivity contribution is 5.93. The maximum atomic E-state index is 13.2. The lowest BCUT2D eigenvalue weighted by Gasteiger charge is -2.08. The Kier molecular flexibility index (Phi) is 5.21. The molecule has 3 aromatic rings. The number of ether oxygens (including phenoxy) is 2. The summed E-state index contributed by atoms with van der Waals surface area (Å²) in [5, 5.41) is 10.2. The van der Waals surface area contributed by atoms with Crippen LogP contribution in [-0.4, -0.2) is 28.0 Å². The zero-order valence-corrected chi connectivity index (χ0v) is 13.8. The molecule has 0 spiro atoms. The first-order valence-electron chi connectivity index (χ1n) is 7.83. The summed E-state index contributed by atoms with van der Waals surface area (Å²) >= 11 is 0. The highest BCUT2D eigenvalue weighted by atomic mass is 19.1. The molecule has 2 aromatic carbocycles. The minimum atomic E-state index is -0.713. The van der Waals surface area contributed by atoms with Gasteiger partial charge in [0.1, 0.15) is 29.7 Å². The number of nitrogens with one attached hydrogen (secondary N) is 1. The molecule has 3 rings (SSSR count). The van der Waals surface area contributed by atoms with Gasteiger partial charge in [-0.2, -0.15) is 10.3 Å². The SMILES string of the molecule is CCOC(=O)c1n[nH]nc1-c1cccc(COc2cc(F)cc(F)c2)c1. The van der Waals surface area contributed by atoms with E-state index < -0.39 is 17.6 Å². The van der Waals surface area contributed by atoms with E-state index >= 15 is 0 Å². The minimum absolute atomic E-state index is 0.0807. The molecule has 0 fully saturated rings. The standard InChI is InChI=1S/C18H15F2N3O3/c1-2-25-18(24)17-16(21-23-22-17)12-5-3-4-11(6-12)10-26-15-8-13(19)7-14(20)9-15/h3-9H,2,10H2,1H3,(H,21,22,23). The molecule has 0 aliphatic carbocycles. The minimum Gasteiger partial charge on any atom is -0.489 e. The van der Waals surface area contributed by atoms with Gasteiger partial charge in [0.15, 0.2) is 5.69 Å². The lowest BCUT2D eigenvalue weighted by atomic mass is 10.1. The summed E-state index contributed by atoms with van der Waals surface area (Å²) in [7, 11) is 0. The Morgan fingerprint density at radius 2 is 1.88 bits per heavy atom. The molecule has 0 atom stereocenters. The van der Waals surface area contributed by atoms with Crippen molar-refractivity contribution in [2.45, 2.75) is 13.5 Å². The normalized spacial score (nSPS) is 10.6. The van der Waals surface area contributed by atoms with E-state index in [9.17, 15) is 13.6 Å². The topological polar surface area (TPSA) is 77.1 Å². The third kappa shape index (κ3) is 4.02. The predicted octanol–water partition coefficient (Wildman–Crippen LogP) is 3.51. The Balaban J connectivity index is 1.79. The summed E-state index contributed by atoms with van der Waals surface area (Å²) < 4.78 is 36.8. The quantitative estimate of drug-likeness (QED) is 0.682. The largest absolute Gasteiger partial charge is 0.489 e. The molecular formula is C18H15F2N3O3. The van der Waals surface area contributed by atoms with Crippen LogP contribution in [0.3, 0.4) is 0 Å². The van der Waals surface area contributed by atoms with Crippen LogP contribution in [0.25, 0.3) is 11.3 Å². The van der Waals surface area contributed by atoms with E-state index in [-0.39, 0.29) is 24.7 Å². The van der Waals surface area contributed by atoms with Crippen molar-refractivity contribution in [3.8, 4) is 17.0 Å². The first-order valence-corrected chi connectivity index (χ1v) is 7.83. The van der Waals surface area contributed by atoms with Crippen LogP contribution in [-0.2, 0) is 11.3 Å². The van der Waals surface area contributed by atoms with Crippen LogP contribution in [0.1, 0.15) is 23.0 Å². The van der Waals surface area contributed by atoms with Crippen molar-refractivity contribution in [1.29, 1.82) is 0 Å². The zero-order chi connectivity index (χ0) is 18.5. The van der Waals surface area contributed by atoms with E-state index in [0.717, 1.165) is 23.8 Å². The summed E-state index contributed by atoms with van der Waals surface area (Å²) in [6.45, 7) is 2.01. The molecule has 0 saturated heterocycles. The van der Waals surface area contributed by atoms with E-state index in [1.807, 2.05) is 0 Å². The lowest BCUT2D eigenvalue weighted by Crippen LogP contribution is -2.07. The van der Waals surface area contributed by atoms with Crippen molar-refractivity contribution in [1.82, 2.24) is 15.4 Å². The lowest BCUT2D eigenvalue weighted by molar-refractivity contribution is 0.0520. The molecular weight excluding hydrogens is 344 g/mol. The maximum absolute atomic E-state index is 13.2. The zero-order valence-electron chi connectivity index (χ0n) is 13.8. The molecule has 6 nitrogen and oxygen atoms in total. The number of halogens is 2. The number of esters is 1. The van der Waals surface area contributed by atoms with Crippen molar-refractivity contribution < 1.29 is 23.0 Å². The van der Waals surface area contributed by atoms with Gasteiger partial charge in [-0.1, -0.05) is 18.2 Å². The van der Waals surface area contributed by atoms with Crippen LogP contribution in [0.2, 0.25) is 0 Å². The maximum Gasteiger partial charge on any atom is 0.361 e. The molecule has 1 heterocycles. The highest BCUT2D eigenvalue weighted by Crippen LogP contribution is 2.23. The molecule has 0 saturated carbocycles. The van der Waals surface area contributed by atoms with E-state index in [0.29, 0.717) is 11.3 Å². The van der Waals surface area contributed by atoms with Crippen LogP contribution >= 0.6 is 0 Å². The van der Waals surface area contributed by atoms with Crippen molar-refractivity contribution >= 4 is 5.97 Å². The fourth-order valence-electron chi connectivity index (χ4n) is 2.36. The average molecular weight is 359 g/mol. The van der Waals surface area contributed by atoms with Gasteiger partial charge in [0, 0.05) is 23.8 Å². The second-order valence-corrected chi connectivity index (χ2v) is 5.34. The molecule has 26 heavy (non-hydrogen) atoms. The number of benzene rings is 2. The first-order chi connectivity index (χ1) is 12.6. The van der Waals surface area contributed by atoms with Crippen molar-refractivity contribution in [3.63, 3.8) is 0 Å². The van der Waals surface area contributed by atoms with E-state index in [1.165, 1.54) is 0 Å². The summed E-state index contributed by atoms with van der Waals surface area (Å²) in [5.74, 6) is -1.92. The van der Waals surface area contributed by atoms with Gasteiger partial charge in [0.05, 0.1) is 6.61 Å². The number of carbonyl (C=O) groups excluding carboxylic acids is 1. The van der Waals surface area contributed by atoms with Crippen LogP contribution in [0.15, 0.2) is 42.5 Å². The van der Waals surface area contributed by atoms with Gasteiger partial charge in [0.25, 0.3) is 0 Å². The number of hydrogen-bond donors (Lipinski definition) is 1. The number of H-pyrrole nitrogens is 1. The summed E-state index contributed by atoms with van der Waals surface area (Å²) in [6.07, 6.45) is 0. The van der Waals surface area contributed by atoms with Crippen LogP contribution in [0.5, 0.6) is 5.75 Å². The Morgan fingerprint density at radius 3 is 2.62 bits per heavy atom. The number of nitrogens with zero attached hydrogens (tertiary/aromatic N) is 2. The molecule has 8 heteroatoms. The van der Waals surface area contributed by atoms with Crippen molar-refractivity contribution in [2.24, 2.45) is 0 Å². The third-order valence-corrected chi connectivity index (χ3v) is 3.46. The molecule has 0 amide bonds. The highest BCUT2D eigenvalue weighted by Gasteiger charge is 2.19. The molecule has 0 aliphatic heterocycles. The fourth-order valence-corrected chi connectivity index (χ4v) is 2.36. The molecule has 134 valence electrons. The van der Waals surface area contributed by atoms with Gasteiger partial charge >= 0.3 is 5.97 Å². The van der Waals surface area contributed by atoms with Gasteiger partial charge in [-0.25, -0.2) is 13.6 Å². The predicted molar refractivity (Wildman–Crippen MR) is 88.5 cm³/mol. The van der Waals surface area contributed by atoms with Crippen LogP contribution in [0, 0.1) is 11.6 Å². The monoisotopic (exact) mass is 359 g/mol. The third-order valence-electron chi connectivity index (χ3n) is 3.46. The fraction of sp³-hybridized carbons (Fsp3) is 0.167. The van der Waals surface area contributed by atoms with Gasteiger partial charge in [-0.15, -0.1) is 5.10 Å². The van der Waals surface area contributed by atoms with E-state index in [2.05, 4.69) is 15.4 Å². The first kappa shape index (κ1) is 17.5. The molecule has 1 aromatic heterocycles. The number of aromatic amines is 1. The Bertz CT molecular complexity index is 907. The Morgan fingerprint density at radius 1 is 1.12 bits per heavy atom. The number of hydrogen-bond acceptors (Lipinski definition) is 5. The van der Waals surface area contributed by atoms with Gasteiger partial charge in [0.2, 0.25) is 0 Å². The van der Waals surface area contributed by atoms with Gasteiger partial charge < -0.3 is 9.47 Å². The second-order valence-electron chi connectivity index (χ2n) is 5.34. The number of carbonyl (C=O) groups is 1. The van der Waals surface area contributed by atoms with Crippen LogP contribution < -0.4 is 4.74 Å². The number of rotatable bonds is 6.